The van der Waals surface area contributed by atoms with Crippen molar-refractivity contribution in [3.05, 3.63) is 11.9 Å². The first kappa shape index (κ1) is 17.7. The summed E-state index contributed by atoms with van der Waals surface area (Å²) in [6.45, 7) is 5.82. The van der Waals surface area contributed by atoms with Crippen molar-refractivity contribution >= 4 is 11.6 Å². The molecule has 6 nitrogen and oxygen atoms in total. The molecule has 21 heavy (non-hydrogen) atoms. The summed E-state index contributed by atoms with van der Waals surface area (Å²) < 4.78 is 5.19. The Morgan fingerprint density at radius 2 is 2.00 bits per heavy atom. The third-order valence-electron chi connectivity index (χ3n) is 3.17. The van der Waals surface area contributed by atoms with E-state index in [0.717, 1.165) is 43.0 Å². The Morgan fingerprint density at radius 1 is 1.24 bits per heavy atom. The lowest BCUT2D eigenvalue weighted by atomic mass is 10.1. The summed E-state index contributed by atoms with van der Waals surface area (Å²) in [5, 5.41) is 15.9. The molecule has 0 aliphatic heterocycles. The Morgan fingerprint density at radius 3 is 2.62 bits per heavy atom. The Labute approximate surface area is 127 Å². The molecule has 0 fully saturated rings. The summed E-state index contributed by atoms with van der Waals surface area (Å²) in [6.07, 6.45) is 5.18. The van der Waals surface area contributed by atoms with Crippen molar-refractivity contribution in [1.82, 2.24) is 9.97 Å². The average Bonchev–Trinajstić information content (AvgIpc) is 2.48. The van der Waals surface area contributed by atoms with E-state index in [1.165, 1.54) is 0 Å². The number of aliphatic hydroxyl groups is 1. The van der Waals surface area contributed by atoms with Crippen molar-refractivity contribution in [3.63, 3.8) is 0 Å². The minimum Gasteiger partial charge on any atom is -0.396 e. The molecule has 120 valence electrons. The van der Waals surface area contributed by atoms with Gasteiger partial charge in [-0.3, -0.25) is 0 Å². The van der Waals surface area contributed by atoms with Crippen molar-refractivity contribution in [2.24, 2.45) is 0 Å². The van der Waals surface area contributed by atoms with Crippen molar-refractivity contribution in [3.8, 4) is 0 Å². The lowest BCUT2D eigenvalue weighted by Crippen LogP contribution is -2.27. The molecule has 0 bridgehead atoms. The lowest BCUT2D eigenvalue weighted by molar-refractivity contribution is 0.170. The van der Waals surface area contributed by atoms with Crippen LogP contribution in [0.25, 0.3) is 0 Å². The van der Waals surface area contributed by atoms with E-state index in [1.54, 1.807) is 13.4 Å². The molecule has 0 saturated heterocycles. The van der Waals surface area contributed by atoms with E-state index < -0.39 is 0 Å². The van der Waals surface area contributed by atoms with Gasteiger partial charge in [0.2, 0.25) is 0 Å². The topological polar surface area (TPSA) is 79.3 Å². The number of aromatic nitrogens is 2. The Hall–Kier alpha value is -1.40. The zero-order chi connectivity index (χ0) is 15.5. The van der Waals surface area contributed by atoms with E-state index in [-0.39, 0.29) is 12.6 Å². The number of nitrogens with zero attached hydrogens (tertiary/aromatic N) is 2. The third kappa shape index (κ3) is 5.85. The highest BCUT2D eigenvalue weighted by molar-refractivity contribution is 5.57. The first-order chi connectivity index (χ1) is 10.3. The molecule has 0 aliphatic carbocycles. The van der Waals surface area contributed by atoms with E-state index in [9.17, 15) is 0 Å². The van der Waals surface area contributed by atoms with Gasteiger partial charge in [-0.2, -0.15) is 0 Å². The molecule has 1 atom stereocenters. The molecule has 1 heterocycles. The number of methoxy groups -OCH3 is 1. The molecule has 3 N–H and O–H groups in total. The molecule has 0 amide bonds. The molecule has 1 aromatic rings. The molecule has 1 unspecified atom stereocenters. The summed E-state index contributed by atoms with van der Waals surface area (Å²) in [4.78, 5) is 8.72. The van der Waals surface area contributed by atoms with Crippen LogP contribution in [0, 0.1) is 0 Å². The quantitative estimate of drug-likeness (QED) is 0.580. The van der Waals surface area contributed by atoms with Crippen LogP contribution in [0.5, 0.6) is 0 Å². The van der Waals surface area contributed by atoms with Crippen LogP contribution in [0.15, 0.2) is 6.33 Å². The second kappa shape index (κ2) is 10.3. The number of rotatable bonds is 11. The highest BCUT2D eigenvalue weighted by atomic mass is 16.5. The fourth-order valence-electron chi connectivity index (χ4n) is 2.17. The van der Waals surface area contributed by atoms with Gasteiger partial charge < -0.3 is 20.5 Å². The van der Waals surface area contributed by atoms with Gasteiger partial charge in [-0.1, -0.05) is 20.3 Å². The molecule has 0 spiro atoms. The van der Waals surface area contributed by atoms with E-state index in [4.69, 9.17) is 9.84 Å². The number of aliphatic hydroxyl groups excluding tert-OH is 1. The highest BCUT2D eigenvalue weighted by Crippen LogP contribution is 2.22. The van der Waals surface area contributed by atoms with Crippen LogP contribution < -0.4 is 10.6 Å². The maximum Gasteiger partial charge on any atom is 0.135 e. The van der Waals surface area contributed by atoms with Gasteiger partial charge in [-0.15, -0.1) is 0 Å². The number of nitrogens with one attached hydrogen (secondary N) is 2. The molecule has 1 aromatic heterocycles. The molecule has 0 aliphatic rings. The number of ether oxygens (including phenoxy) is 1. The smallest absolute Gasteiger partial charge is 0.135 e. The Kier molecular flexibility index (Phi) is 8.69. The van der Waals surface area contributed by atoms with Gasteiger partial charge in [-0.05, 0) is 19.3 Å². The number of anilines is 2. The highest BCUT2D eigenvalue weighted by Gasteiger charge is 2.14. The van der Waals surface area contributed by atoms with Crippen molar-refractivity contribution < 1.29 is 9.84 Å². The third-order valence-corrected chi connectivity index (χ3v) is 3.17. The Balaban J connectivity index is 2.92. The van der Waals surface area contributed by atoms with Crippen LogP contribution in [-0.4, -0.2) is 48.0 Å². The van der Waals surface area contributed by atoms with Gasteiger partial charge in [-0.25, -0.2) is 9.97 Å². The second-order valence-electron chi connectivity index (χ2n) is 5.04. The predicted molar refractivity (Wildman–Crippen MR) is 85.8 cm³/mol. The minimum absolute atomic E-state index is 0.0459. The monoisotopic (exact) mass is 296 g/mol. The number of hydrogen-bond acceptors (Lipinski definition) is 6. The van der Waals surface area contributed by atoms with Crippen LogP contribution >= 0.6 is 0 Å². The van der Waals surface area contributed by atoms with Crippen LogP contribution in [0.3, 0.4) is 0 Å². The first-order valence-electron chi connectivity index (χ1n) is 7.70. The molecule has 0 aromatic carbocycles. The second-order valence-corrected chi connectivity index (χ2v) is 5.04. The van der Waals surface area contributed by atoms with Crippen LogP contribution in [0.2, 0.25) is 0 Å². The normalized spacial score (nSPS) is 12.2. The lowest BCUT2D eigenvalue weighted by Gasteiger charge is -2.21. The number of hydrogen-bond donors (Lipinski definition) is 3. The minimum atomic E-state index is 0.0459. The van der Waals surface area contributed by atoms with E-state index >= 15 is 0 Å². The summed E-state index contributed by atoms with van der Waals surface area (Å²) in [5.41, 5.74) is 1.10. The summed E-state index contributed by atoms with van der Waals surface area (Å²) >= 11 is 0. The van der Waals surface area contributed by atoms with Crippen molar-refractivity contribution in [1.29, 1.82) is 0 Å². The predicted octanol–water partition coefficient (Wildman–Crippen LogP) is 2.06. The fraction of sp³-hybridized carbons (Fsp3) is 0.733. The molecular formula is C15H28N4O2. The maximum absolute atomic E-state index is 9.14. The van der Waals surface area contributed by atoms with Crippen molar-refractivity contribution in [2.45, 2.75) is 45.6 Å². The summed E-state index contributed by atoms with van der Waals surface area (Å²) in [6, 6.07) is 0.0459. The molecule has 0 saturated carbocycles. The van der Waals surface area contributed by atoms with Crippen LogP contribution in [0.4, 0.5) is 11.6 Å². The van der Waals surface area contributed by atoms with E-state index in [1.807, 2.05) is 0 Å². The van der Waals surface area contributed by atoms with Gasteiger partial charge in [0.15, 0.2) is 0 Å². The van der Waals surface area contributed by atoms with Gasteiger partial charge in [0.05, 0.1) is 12.6 Å². The van der Waals surface area contributed by atoms with Crippen LogP contribution in [-0.2, 0) is 11.2 Å². The molecule has 0 radical (unpaired) electrons. The van der Waals surface area contributed by atoms with Gasteiger partial charge in [0.25, 0.3) is 0 Å². The summed E-state index contributed by atoms with van der Waals surface area (Å²) in [7, 11) is 1.66. The SMILES string of the molecule is CCCNc1ncnc(NC(CCO)COC)c1CCC. The van der Waals surface area contributed by atoms with Gasteiger partial charge >= 0.3 is 0 Å². The van der Waals surface area contributed by atoms with Crippen molar-refractivity contribution in [2.75, 3.05) is 37.5 Å². The molecule has 1 rings (SSSR count). The van der Waals surface area contributed by atoms with E-state index in [0.29, 0.717) is 13.0 Å². The van der Waals surface area contributed by atoms with Crippen LogP contribution in [0.1, 0.15) is 38.7 Å². The largest absolute Gasteiger partial charge is 0.396 e. The Bertz CT molecular complexity index is 395. The van der Waals surface area contributed by atoms with Gasteiger partial charge in [0, 0.05) is 25.8 Å². The zero-order valence-corrected chi connectivity index (χ0v) is 13.4. The zero-order valence-electron chi connectivity index (χ0n) is 13.4. The van der Waals surface area contributed by atoms with E-state index in [2.05, 4.69) is 34.4 Å². The average molecular weight is 296 g/mol. The first-order valence-corrected chi connectivity index (χ1v) is 7.70. The van der Waals surface area contributed by atoms with Gasteiger partial charge in [0.1, 0.15) is 18.0 Å². The fourth-order valence-corrected chi connectivity index (χ4v) is 2.17. The maximum atomic E-state index is 9.14. The summed E-state index contributed by atoms with van der Waals surface area (Å²) in [5.74, 6) is 1.73. The molecular weight excluding hydrogens is 268 g/mol. The molecule has 6 heteroatoms. The standard InChI is InChI=1S/C15H28N4O2/c1-4-6-13-14(16-8-5-2)17-11-18-15(13)19-12(7-9-20)10-21-3/h11-12,20H,4-10H2,1-3H3,(H2,16,17,18,19).